The Labute approximate surface area is 61.1 Å². The van der Waals surface area contributed by atoms with Crippen molar-refractivity contribution in [1.82, 2.24) is 0 Å². The molecule has 0 atom stereocenters. The standard InChI is InChI=1S/C7H15NO2/c8-10-5-6-1-3-7(9)4-2-6/h6-7,9H,1-5,8H2. The van der Waals surface area contributed by atoms with Gasteiger partial charge in [-0.3, -0.25) is 0 Å². The molecular weight excluding hydrogens is 130 g/mol. The van der Waals surface area contributed by atoms with Crippen LogP contribution in [0, 0.1) is 5.92 Å². The first-order valence-electron chi connectivity index (χ1n) is 3.82. The summed E-state index contributed by atoms with van der Waals surface area (Å²) in [5.74, 6) is 5.51. The van der Waals surface area contributed by atoms with Crippen LogP contribution in [-0.4, -0.2) is 17.8 Å². The van der Waals surface area contributed by atoms with Gasteiger partial charge in [0.25, 0.3) is 0 Å². The average Bonchev–Trinajstić information content (AvgIpc) is 1.95. The van der Waals surface area contributed by atoms with Crippen LogP contribution in [0.15, 0.2) is 0 Å². The summed E-state index contributed by atoms with van der Waals surface area (Å²) in [7, 11) is 0. The third-order valence-corrected chi connectivity index (χ3v) is 2.15. The van der Waals surface area contributed by atoms with Gasteiger partial charge >= 0.3 is 0 Å². The molecule has 10 heavy (non-hydrogen) atoms. The SMILES string of the molecule is NOCC1CCC(O)CC1. The normalized spacial score (nSPS) is 34.2. The first-order chi connectivity index (χ1) is 4.83. The van der Waals surface area contributed by atoms with Crippen molar-refractivity contribution in [3.05, 3.63) is 0 Å². The summed E-state index contributed by atoms with van der Waals surface area (Å²) >= 11 is 0. The van der Waals surface area contributed by atoms with Gasteiger partial charge in [-0.25, -0.2) is 5.90 Å². The Bertz CT molecular complexity index is 89.6. The van der Waals surface area contributed by atoms with Gasteiger partial charge in [0.05, 0.1) is 12.7 Å². The quantitative estimate of drug-likeness (QED) is 0.554. The van der Waals surface area contributed by atoms with E-state index >= 15 is 0 Å². The molecule has 3 nitrogen and oxygen atoms in total. The zero-order valence-electron chi connectivity index (χ0n) is 6.12. The molecule has 60 valence electrons. The van der Waals surface area contributed by atoms with E-state index in [0.29, 0.717) is 12.5 Å². The van der Waals surface area contributed by atoms with E-state index in [4.69, 9.17) is 11.0 Å². The largest absolute Gasteiger partial charge is 0.393 e. The lowest BCUT2D eigenvalue weighted by molar-refractivity contribution is 0.0515. The molecule has 0 saturated heterocycles. The minimum absolute atomic E-state index is 0.0750. The summed E-state index contributed by atoms with van der Waals surface area (Å²) in [5, 5.41) is 9.12. The summed E-state index contributed by atoms with van der Waals surface area (Å²) in [4.78, 5) is 4.53. The molecule has 0 aromatic carbocycles. The fraction of sp³-hybridized carbons (Fsp3) is 1.00. The molecule has 0 aromatic rings. The van der Waals surface area contributed by atoms with Crippen LogP contribution < -0.4 is 5.90 Å². The summed E-state index contributed by atoms with van der Waals surface area (Å²) < 4.78 is 0. The van der Waals surface area contributed by atoms with Crippen LogP contribution in [0.2, 0.25) is 0 Å². The number of rotatable bonds is 2. The minimum atomic E-state index is -0.0750. The van der Waals surface area contributed by atoms with Gasteiger partial charge in [0, 0.05) is 0 Å². The number of hydrogen-bond donors (Lipinski definition) is 2. The van der Waals surface area contributed by atoms with Crippen LogP contribution in [-0.2, 0) is 4.84 Å². The topological polar surface area (TPSA) is 55.5 Å². The second-order valence-electron chi connectivity index (χ2n) is 3.01. The van der Waals surface area contributed by atoms with Crippen molar-refractivity contribution >= 4 is 0 Å². The Morgan fingerprint density at radius 2 is 1.90 bits per heavy atom. The van der Waals surface area contributed by atoms with Gasteiger partial charge in [0.15, 0.2) is 0 Å². The fourth-order valence-corrected chi connectivity index (χ4v) is 1.45. The molecule has 3 heteroatoms. The van der Waals surface area contributed by atoms with Crippen molar-refractivity contribution in [2.24, 2.45) is 11.8 Å². The predicted molar refractivity (Wildman–Crippen MR) is 38.1 cm³/mol. The molecule has 0 aromatic heterocycles. The van der Waals surface area contributed by atoms with Crippen molar-refractivity contribution in [3.8, 4) is 0 Å². The summed E-state index contributed by atoms with van der Waals surface area (Å²) in [5.41, 5.74) is 0. The van der Waals surface area contributed by atoms with E-state index in [1.165, 1.54) is 0 Å². The molecule has 0 spiro atoms. The number of aliphatic hydroxyl groups is 1. The van der Waals surface area contributed by atoms with Crippen LogP contribution in [0.4, 0.5) is 0 Å². The maximum Gasteiger partial charge on any atom is 0.0707 e. The molecule has 0 heterocycles. The van der Waals surface area contributed by atoms with Gasteiger partial charge < -0.3 is 9.94 Å². The Hall–Kier alpha value is -0.120. The highest BCUT2D eigenvalue weighted by Crippen LogP contribution is 2.23. The first-order valence-corrected chi connectivity index (χ1v) is 3.82. The van der Waals surface area contributed by atoms with Gasteiger partial charge in [-0.15, -0.1) is 0 Å². The van der Waals surface area contributed by atoms with E-state index in [-0.39, 0.29) is 6.10 Å². The average molecular weight is 145 g/mol. The number of aliphatic hydroxyl groups excluding tert-OH is 1. The lowest BCUT2D eigenvalue weighted by Crippen LogP contribution is -2.22. The monoisotopic (exact) mass is 145 g/mol. The second kappa shape index (κ2) is 3.91. The van der Waals surface area contributed by atoms with Crippen molar-refractivity contribution in [1.29, 1.82) is 0 Å². The molecule has 1 aliphatic rings. The number of hydrogen-bond acceptors (Lipinski definition) is 3. The van der Waals surface area contributed by atoms with Crippen molar-refractivity contribution in [3.63, 3.8) is 0 Å². The van der Waals surface area contributed by atoms with Crippen molar-refractivity contribution < 1.29 is 9.94 Å². The molecule has 0 unspecified atom stereocenters. The van der Waals surface area contributed by atoms with E-state index in [1.807, 2.05) is 0 Å². The maximum atomic E-state index is 9.12. The van der Waals surface area contributed by atoms with Crippen LogP contribution in [0.1, 0.15) is 25.7 Å². The zero-order valence-corrected chi connectivity index (χ0v) is 6.12. The smallest absolute Gasteiger partial charge is 0.0707 e. The van der Waals surface area contributed by atoms with E-state index < -0.39 is 0 Å². The highest BCUT2D eigenvalue weighted by molar-refractivity contribution is 4.70. The van der Waals surface area contributed by atoms with Crippen molar-refractivity contribution in [2.75, 3.05) is 6.61 Å². The Balaban J connectivity index is 2.13. The highest BCUT2D eigenvalue weighted by atomic mass is 16.6. The maximum absolute atomic E-state index is 9.12. The number of nitrogens with two attached hydrogens (primary N) is 1. The lowest BCUT2D eigenvalue weighted by Gasteiger charge is -2.23. The highest BCUT2D eigenvalue weighted by Gasteiger charge is 2.18. The Kier molecular flexibility index (Phi) is 3.12. The summed E-state index contributed by atoms with van der Waals surface area (Å²) in [6, 6.07) is 0. The van der Waals surface area contributed by atoms with E-state index in [0.717, 1.165) is 25.7 Å². The Morgan fingerprint density at radius 1 is 1.30 bits per heavy atom. The molecule has 0 aliphatic heterocycles. The molecule has 0 radical (unpaired) electrons. The Morgan fingerprint density at radius 3 is 2.40 bits per heavy atom. The molecule has 1 saturated carbocycles. The molecule has 1 aliphatic carbocycles. The molecule has 0 amide bonds. The third-order valence-electron chi connectivity index (χ3n) is 2.15. The summed E-state index contributed by atoms with van der Waals surface area (Å²) in [6.45, 7) is 0.646. The van der Waals surface area contributed by atoms with Gasteiger partial charge in [-0.1, -0.05) is 0 Å². The second-order valence-corrected chi connectivity index (χ2v) is 3.01. The molecule has 1 fully saturated rings. The van der Waals surface area contributed by atoms with E-state index in [9.17, 15) is 0 Å². The van der Waals surface area contributed by atoms with E-state index in [2.05, 4.69) is 4.84 Å². The van der Waals surface area contributed by atoms with Gasteiger partial charge in [0.2, 0.25) is 0 Å². The summed E-state index contributed by atoms with van der Waals surface area (Å²) in [6.07, 6.45) is 3.85. The lowest BCUT2D eigenvalue weighted by atomic mass is 9.88. The minimum Gasteiger partial charge on any atom is -0.393 e. The van der Waals surface area contributed by atoms with Gasteiger partial charge in [-0.2, -0.15) is 0 Å². The first kappa shape index (κ1) is 7.98. The molecule has 0 bridgehead atoms. The van der Waals surface area contributed by atoms with E-state index in [1.54, 1.807) is 0 Å². The van der Waals surface area contributed by atoms with Gasteiger partial charge in [0.1, 0.15) is 0 Å². The molecule has 3 N–H and O–H groups in total. The van der Waals surface area contributed by atoms with Crippen LogP contribution in [0.3, 0.4) is 0 Å². The molecular formula is C7H15NO2. The fourth-order valence-electron chi connectivity index (χ4n) is 1.45. The van der Waals surface area contributed by atoms with Crippen LogP contribution in [0.5, 0.6) is 0 Å². The van der Waals surface area contributed by atoms with Crippen molar-refractivity contribution in [2.45, 2.75) is 31.8 Å². The van der Waals surface area contributed by atoms with Crippen LogP contribution >= 0.6 is 0 Å². The van der Waals surface area contributed by atoms with Gasteiger partial charge in [-0.05, 0) is 31.6 Å². The van der Waals surface area contributed by atoms with Crippen LogP contribution in [0.25, 0.3) is 0 Å². The predicted octanol–water partition coefficient (Wildman–Crippen LogP) is 0.428. The zero-order chi connectivity index (χ0) is 7.40. The molecule has 1 rings (SSSR count). The third kappa shape index (κ3) is 2.25.